The topological polar surface area (TPSA) is 120 Å². The number of fused-ring (bicyclic) bond motifs is 1. The molecule has 2 aromatic rings. The van der Waals surface area contributed by atoms with Crippen LogP contribution in [-0.2, 0) is 0 Å². The van der Waals surface area contributed by atoms with E-state index in [0.29, 0.717) is 0 Å². The van der Waals surface area contributed by atoms with E-state index in [1.165, 1.54) is 12.1 Å². The second kappa shape index (κ2) is 3.71. The molecule has 0 aliphatic rings. The number of nitrogens with zero attached hydrogens (tertiary/aromatic N) is 1. The zero-order valence-electron chi connectivity index (χ0n) is 8.30. The number of aromatic carboxylic acids is 2. The fourth-order valence-corrected chi connectivity index (χ4v) is 1.46. The summed E-state index contributed by atoms with van der Waals surface area (Å²) in [6.45, 7) is 0. The van der Waals surface area contributed by atoms with Crippen molar-refractivity contribution in [1.29, 1.82) is 0 Å². The van der Waals surface area contributed by atoms with Gasteiger partial charge in [-0.05, 0) is 12.1 Å². The molecule has 1 aromatic carbocycles. The van der Waals surface area contributed by atoms with Gasteiger partial charge in [0.1, 0.15) is 0 Å². The molecule has 0 spiro atoms. The monoisotopic (exact) mass is 234 g/mol. The van der Waals surface area contributed by atoms with Crippen LogP contribution in [0.5, 0.6) is 0 Å². The van der Waals surface area contributed by atoms with Crippen molar-refractivity contribution in [2.24, 2.45) is 0 Å². The van der Waals surface area contributed by atoms with E-state index in [4.69, 9.17) is 10.2 Å². The number of H-pyrrole nitrogens is 1. The van der Waals surface area contributed by atoms with Crippen molar-refractivity contribution in [1.82, 2.24) is 10.2 Å². The standard InChI is InChI=1S/C10H6N2O5/c13-8-6-3-4(9(14)15)1-2-5(6)7(10(16)17)11-12-8/h1-3H,(H,12,13)(H,14,15)(H,16,17). The van der Waals surface area contributed by atoms with E-state index in [1.807, 2.05) is 5.10 Å². The molecular weight excluding hydrogens is 228 g/mol. The maximum absolute atomic E-state index is 11.4. The smallest absolute Gasteiger partial charge is 0.356 e. The van der Waals surface area contributed by atoms with Crippen LogP contribution in [0.25, 0.3) is 10.8 Å². The Bertz CT molecular complexity index is 689. The molecule has 17 heavy (non-hydrogen) atoms. The van der Waals surface area contributed by atoms with Gasteiger partial charge in [0.05, 0.1) is 10.9 Å². The molecule has 0 unspecified atom stereocenters. The first-order chi connectivity index (χ1) is 8.00. The highest BCUT2D eigenvalue weighted by Gasteiger charge is 2.14. The number of carbonyl (C=O) groups is 2. The molecule has 0 amide bonds. The summed E-state index contributed by atoms with van der Waals surface area (Å²) in [5.41, 5.74) is -1.05. The van der Waals surface area contributed by atoms with E-state index in [0.717, 1.165) is 6.07 Å². The van der Waals surface area contributed by atoms with Crippen LogP contribution in [0, 0.1) is 0 Å². The highest BCUT2D eigenvalue weighted by Crippen LogP contribution is 2.15. The Morgan fingerprint density at radius 1 is 1.12 bits per heavy atom. The third-order valence-corrected chi connectivity index (χ3v) is 2.24. The summed E-state index contributed by atoms with van der Waals surface area (Å²) in [4.78, 5) is 33.0. The van der Waals surface area contributed by atoms with Crippen molar-refractivity contribution in [2.45, 2.75) is 0 Å². The second-order valence-electron chi connectivity index (χ2n) is 3.27. The Balaban J connectivity index is 2.87. The van der Waals surface area contributed by atoms with Crippen LogP contribution in [0.15, 0.2) is 23.0 Å². The number of nitrogens with one attached hydrogen (secondary N) is 1. The van der Waals surface area contributed by atoms with Crippen molar-refractivity contribution >= 4 is 22.7 Å². The summed E-state index contributed by atoms with van der Waals surface area (Å²) in [6, 6.07) is 3.59. The van der Waals surface area contributed by atoms with Crippen LogP contribution in [0.2, 0.25) is 0 Å². The zero-order chi connectivity index (χ0) is 12.6. The molecule has 0 radical (unpaired) electrons. The first-order valence-electron chi connectivity index (χ1n) is 4.49. The molecule has 7 nitrogen and oxygen atoms in total. The number of aromatic nitrogens is 2. The third kappa shape index (κ3) is 1.73. The van der Waals surface area contributed by atoms with Crippen LogP contribution in [0.1, 0.15) is 20.8 Å². The Morgan fingerprint density at radius 2 is 1.82 bits per heavy atom. The summed E-state index contributed by atoms with van der Waals surface area (Å²) in [6.07, 6.45) is 0. The molecule has 0 bridgehead atoms. The molecule has 1 heterocycles. The van der Waals surface area contributed by atoms with Crippen molar-refractivity contribution in [3.05, 3.63) is 39.8 Å². The van der Waals surface area contributed by atoms with E-state index in [-0.39, 0.29) is 22.0 Å². The molecule has 0 fully saturated rings. The largest absolute Gasteiger partial charge is 0.478 e. The van der Waals surface area contributed by atoms with Gasteiger partial charge in [-0.1, -0.05) is 6.07 Å². The van der Waals surface area contributed by atoms with Gasteiger partial charge in [-0.15, -0.1) is 0 Å². The molecule has 3 N–H and O–H groups in total. The Morgan fingerprint density at radius 3 is 2.41 bits per heavy atom. The minimum Gasteiger partial charge on any atom is -0.478 e. The van der Waals surface area contributed by atoms with E-state index in [2.05, 4.69) is 5.10 Å². The predicted molar refractivity (Wildman–Crippen MR) is 56.3 cm³/mol. The van der Waals surface area contributed by atoms with Crippen molar-refractivity contribution in [3.8, 4) is 0 Å². The van der Waals surface area contributed by atoms with Gasteiger partial charge < -0.3 is 10.2 Å². The SMILES string of the molecule is O=C(O)c1ccc2c(C(=O)O)n[nH]c(=O)c2c1. The van der Waals surface area contributed by atoms with Gasteiger partial charge in [-0.3, -0.25) is 4.79 Å². The van der Waals surface area contributed by atoms with Crippen molar-refractivity contribution in [3.63, 3.8) is 0 Å². The highest BCUT2D eigenvalue weighted by molar-refractivity contribution is 6.03. The molecule has 1 aromatic heterocycles. The minimum atomic E-state index is -1.30. The lowest BCUT2D eigenvalue weighted by atomic mass is 10.1. The highest BCUT2D eigenvalue weighted by atomic mass is 16.4. The lowest BCUT2D eigenvalue weighted by Crippen LogP contribution is -2.14. The molecular formula is C10H6N2O5. The summed E-state index contributed by atoms with van der Waals surface area (Å²) in [5.74, 6) is -2.49. The Labute approximate surface area is 93.3 Å². The van der Waals surface area contributed by atoms with Crippen molar-refractivity contribution in [2.75, 3.05) is 0 Å². The Kier molecular flexibility index (Phi) is 2.36. The molecule has 0 atom stereocenters. The summed E-state index contributed by atoms with van der Waals surface area (Å²) >= 11 is 0. The van der Waals surface area contributed by atoms with E-state index < -0.39 is 17.5 Å². The molecule has 2 rings (SSSR count). The number of rotatable bonds is 2. The van der Waals surface area contributed by atoms with Gasteiger partial charge in [0.15, 0.2) is 5.69 Å². The van der Waals surface area contributed by atoms with Crippen LogP contribution < -0.4 is 5.56 Å². The van der Waals surface area contributed by atoms with Gasteiger partial charge in [-0.25, -0.2) is 14.7 Å². The average Bonchev–Trinajstić information content (AvgIpc) is 2.28. The zero-order valence-corrected chi connectivity index (χ0v) is 8.30. The Hall–Kier alpha value is -2.70. The van der Waals surface area contributed by atoms with E-state index in [9.17, 15) is 14.4 Å². The quantitative estimate of drug-likeness (QED) is 0.688. The van der Waals surface area contributed by atoms with Crippen LogP contribution in [0.4, 0.5) is 0 Å². The minimum absolute atomic E-state index is 0.0164. The average molecular weight is 234 g/mol. The summed E-state index contributed by atoms with van der Waals surface area (Å²) in [7, 11) is 0. The first-order valence-corrected chi connectivity index (χ1v) is 4.49. The predicted octanol–water partition coefficient (Wildman–Crippen LogP) is 0.320. The third-order valence-electron chi connectivity index (χ3n) is 2.24. The maximum Gasteiger partial charge on any atom is 0.356 e. The molecule has 0 saturated carbocycles. The van der Waals surface area contributed by atoms with Gasteiger partial charge in [0.2, 0.25) is 0 Å². The van der Waals surface area contributed by atoms with E-state index in [1.54, 1.807) is 0 Å². The fourth-order valence-electron chi connectivity index (χ4n) is 1.46. The van der Waals surface area contributed by atoms with Gasteiger partial charge in [0, 0.05) is 5.39 Å². The number of aromatic amines is 1. The molecule has 7 heteroatoms. The van der Waals surface area contributed by atoms with Gasteiger partial charge >= 0.3 is 11.9 Å². The lowest BCUT2D eigenvalue weighted by Gasteiger charge is -2.01. The van der Waals surface area contributed by atoms with Crippen LogP contribution >= 0.6 is 0 Å². The van der Waals surface area contributed by atoms with Gasteiger partial charge in [0.25, 0.3) is 5.56 Å². The van der Waals surface area contributed by atoms with Crippen LogP contribution in [0.3, 0.4) is 0 Å². The number of hydrogen-bond acceptors (Lipinski definition) is 4. The molecule has 86 valence electrons. The lowest BCUT2D eigenvalue weighted by molar-refractivity contribution is 0.0684. The van der Waals surface area contributed by atoms with Crippen LogP contribution in [-0.4, -0.2) is 32.3 Å². The molecule has 0 aliphatic heterocycles. The fraction of sp³-hybridized carbons (Fsp3) is 0. The number of carboxylic acid groups (broad SMARTS) is 2. The van der Waals surface area contributed by atoms with Crippen molar-refractivity contribution < 1.29 is 19.8 Å². The molecule has 0 saturated heterocycles. The second-order valence-corrected chi connectivity index (χ2v) is 3.27. The van der Waals surface area contributed by atoms with Gasteiger partial charge in [-0.2, -0.15) is 5.10 Å². The normalized spacial score (nSPS) is 10.4. The molecule has 0 aliphatic carbocycles. The van der Waals surface area contributed by atoms with E-state index >= 15 is 0 Å². The number of hydrogen-bond donors (Lipinski definition) is 3. The summed E-state index contributed by atoms with van der Waals surface area (Å²) in [5, 5.41) is 23.1. The maximum atomic E-state index is 11.4. The number of carboxylic acids is 2. The first kappa shape index (κ1) is 10.8. The number of benzene rings is 1. The summed E-state index contributed by atoms with van der Waals surface area (Å²) < 4.78 is 0.